The van der Waals surface area contributed by atoms with Crippen molar-refractivity contribution in [3.05, 3.63) is 0 Å². The van der Waals surface area contributed by atoms with E-state index in [1.165, 1.54) is 103 Å². The molecule has 202 valence electrons. The van der Waals surface area contributed by atoms with Crippen LogP contribution in [-0.2, 0) is 13.6 Å². The van der Waals surface area contributed by atoms with Gasteiger partial charge in [-0.1, -0.05) is 129 Å². The van der Waals surface area contributed by atoms with Gasteiger partial charge in [-0.2, -0.15) is 0 Å². The van der Waals surface area contributed by atoms with E-state index in [2.05, 4.69) is 13.8 Å². The molecule has 0 amide bonds. The molecule has 0 rings (SSSR count). The van der Waals surface area contributed by atoms with Gasteiger partial charge in [-0.3, -0.25) is 9.05 Å². The van der Waals surface area contributed by atoms with Gasteiger partial charge in [0.05, 0.1) is 13.2 Å². The zero-order valence-corrected chi connectivity index (χ0v) is 23.3. The van der Waals surface area contributed by atoms with Crippen LogP contribution in [0.15, 0.2) is 0 Å². The Morgan fingerprint density at radius 3 is 0.970 bits per heavy atom. The Kier molecular flexibility index (Phi) is 30.9. The molecule has 0 atom stereocenters. The average Bonchev–Trinajstić information content (AvgIpc) is 2.75. The Morgan fingerprint density at radius 1 is 0.515 bits per heavy atom. The molecule has 0 radical (unpaired) electrons. The fourth-order valence-corrected chi connectivity index (χ4v) is 4.37. The minimum Gasteiger partial charge on any atom is -0.328 e. The van der Waals surface area contributed by atoms with Gasteiger partial charge in [-0.05, 0) is 12.8 Å². The van der Waals surface area contributed by atoms with Crippen LogP contribution in [0.5, 0.6) is 0 Å². The van der Waals surface area contributed by atoms with Gasteiger partial charge in [-0.25, -0.2) is 4.57 Å². The molecule has 0 heterocycles. The predicted molar refractivity (Wildman–Crippen MR) is 139 cm³/mol. The number of phosphoric ester groups is 1. The van der Waals surface area contributed by atoms with E-state index in [9.17, 15) is 9.46 Å². The van der Waals surface area contributed by atoms with Gasteiger partial charge in [0, 0.05) is 0 Å². The highest BCUT2D eigenvalue weighted by Gasteiger charge is 2.19. The second-order valence-electron chi connectivity index (χ2n) is 8.77. The molecule has 0 aromatic carbocycles. The highest BCUT2D eigenvalue weighted by Crippen LogP contribution is 2.43. The van der Waals surface area contributed by atoms with Crippen LogP contribution in [0.2, 0.25) is 0 Å². The summed E-state index contributed by atoms with van der Waals surface area (Å²) in [4.78, 5) is 31.4. The Morgan fingerprint density at radius 2 is 0.727 bits per heavy atom. The van der Waals surface area contributed by atoms with E-state index < -0.39 is 16.4 Å². The first-order chi connectivity index (χ1) is 15.9. The van der Waals surface area contributed by atoms with Crippen molar-refractivity contribution in [3.8, 4) is 0 Å². The first-order valence-electron chi connectivity index (χ1n) is 13.3. The van der Waals surface area contributed by atoms with E-state index in [4.69, 9.17) is 23.7 Å². The van der Waals surface area contributed by atoms with Crippen molar-refractivity contribution >= 4 is 16.4 Å². The Hall–Kier alpha value is 0.420. The van der Waals surface area contributed by atoms with Crippen molar-refractivity contribution in [1.82, 2.24) is 0 Å². The zero-order chi connectivity index (χ0) is 25.0. The third-order valence-corrected chi connectivity index (χ3v) is 6.52. The van der Waals surface area contributed by atoms with E-state index in [0.29, 0.717) is 13.2 Å². The van der Waals surface area contributed by atoms with Crippen LogP contribution in [0, 0.1) is 0 Å². The van der Waals surface area contributed by atoms with E-state index in [0.717, 1.165) is 25.7 Å². The highest BCUT2D eigenvalue weighted by molar-refractivity contribution is 7.47. The van der Waals surface area contributed by atoms with Gasteiger partial charge in [0.1, 0.15) is 0 Å². The fraction of sp³-hybridized carbons (Fsp3) is 1.00. The molecular weight excluding hydrogens is 462 g/mol. The normalized spacial score (nSPS) is 11.6. The summed E-state index contributed by atoms with van der Waals surface area (Å²) in [5.41, 5.74) is 0. The molecule has 0 aliphatic carbocycles. The van der Waals surface area contributed by atoms with Crippen LogP contribution in [0.3, 0.4) is 0 Å². The summed E-state index contributed by atoms with van der Waals surface area (Å²) in [7, 11) is -6.47. The summed E-state index contributed by atoms with van der Waals surface area (Å²) in [6.07, 6.45) is 24.8. The highest BCUT2D eigenvalue weighted by atomic mass is 31.2. The molecule has 0 unspecified atom stereocenters. The maximum absolute atomic E-state index is 11.8. The van der Waals surface area contributed by atoms with Crippen LogP contribution >= 0.6 is 16.4 Å². The molecule has 4 N–H and O–H groups in total. The van der Waals surface area contributed by atoms with Crippen molar-refractivity contribution in [1.29, 1.82) is 0 Å². The molecule has 0 aliphatic rings. The molecule has 33 heavy (non-hydrogen) atoms. The van der Waals surface area contributed by atoms with Gasteiger partial charge in [0.2, 0.25) is 0 Å². The van der Waals surface area contributed by atoms with E-state index in [-0.39, 0.29) is 0 Å². The van der Waals surface area contributed by atoms with Crippen LogP contribution < -0.4 is 0 Å². The van der Waals surface area contributed by atoms with Crippen molar-refractivity contribution < 1.29 is 33.2 Å². The molecule has 0 saturated heterocycles. The largest absolute Gasteiger partial charge is 0.472 e. The number of hydrogen-bond acceptors (Lipinski definition) is 6. The fourth-order valence-electron chi connectivity index (χ4n) is 3.58. The number of hydrogen-bond donors (Lipinski definition) is 4. The molecule has 9 heteroatoms. The molecule has 0 bridgehead atoms. The summed E-state index contributed by atoms with van der Waals surface area (Å²) >= 11 is 0. The zero-order valence-electron chi connectivity index (χ0n) is 21.5. The summed E-state index contributed by atoms with van der Waals surface area (Å²) in [5, 5.41) is 0. The minimum atomic E-state index is -3.85. The predicted octanol–water partition coefficient (Wildman–Crippen LogP) is 8.15. The van der Waals surface area contributed by atoms with Gasteiger partial charge in [0.25, 0.3) is 0 Å². The van der Waals surface area contributed by atoms with Gasteiger partial charge in [0.15, 0.2) is 0 Å². The lowest BCUT2D eigenvalue weighted by molar-refractivity contribution is 0.145. The SMILES string of the molecule is CCCCCCCCCCCCOP(=O)(O)OCCCCCCCCCCCC.OP(O)O. The quantitative estimate of drug-likeness (QED) is 0.0755. The Labute approximate surface area is 205 Å². The lowest BCUT2D eigenvalue weighted by Crippen LogP contribution is -1.99. The number of phosphoric acid groups is 1. The van der Waals surface area contributed by atoms with Gasteiger partial charge < -0.3 is 19.6 Å². The third kappa shape index (κ3) is 37.1. The second-order valence-corrected chi connectivity index (χ2v) is 10.8. The summed E-state index contributed by atoms with van der Waals surface area (Å²) < 4.78 is 22.0. The van der Waals surface area contributed by atoms with Crippen molar-refractivity contribution in [2.45, 2.75) is 142 Å². The molecule has 0 aliphatic heterocycles. The van der Waals surface area contributed by atoms with Gasteiger partial charge in [-0.15, -0.1) is 0 Å². The monoisotopic (exact) mass is 516 g/mol. The van der Waals surface area contributed by atoms with Crippen molar-refractivity contribution in [2.24, 2.45) is 0 Å². The smallest absolute Gasteiger partial charge is 0.328 e. The molecular formula is C24H54O7P2. The van der Waals surface area contributed by atoms with Crippen LogP contribution in [0.1, 0.15) is 142 Å². The molecule has 7 nitrogen and oxygen atoms in total. The summed E-state index contributed by atoms with van der Waals surface area (Å²) in [6, 6.07) is 0. The topological polar surface area (TPSA) is 116 Å². The molecule has 0 aromatic heterocycles. The molecule has 0 aromatic rings. The maximum Gasteiger partial charge on any atom is 0.472 e. The lowest BCUT2D eigenvalue weighted by Gasteiger charge is -2.12. The Balaban J connectivity index is 0. The second kappa shape index (κ2) is 28.7. The van der Waals surface area contributed by atoms with E-state index >= 15 is 0 Å². The first-order valence-corrected chi connectivity index (χ1v) is 16.0. The summed E-state index contributed by atoms with van der Waals surface area (Å²) in [6.45, 7) is 5.14. The minimum absolute atomic E-state index is 0.322. The molecule has 0 spiro atoms. The van der Waals surface area contributed by atoms with Crippen molar-refractivity contribution in [2.75, 3.05) is 13.2 Å². The average molecular weight is 517 g/mol. The molecule has 0 fully saturated rings. The van der Waals surface area contributed by atoms with Crippen molar-refractivity contribution in [3.63, 3.8) is 0 Å². The number of unbranched alkanes of at least 4 members (excludes halogenated alkanes) is 18. The third-order valence-electron chi connectivity index (χ3n) is 5.50. The van der Waals surface area contributed by atoms with Crippen LogP contribution in [0.4, 0.5) is 0 Å². The number of rotatable bonds is 24. The molecule has 0 saturated carbocycles. The summed E-state index contributed by atoms with van der Waals surface area (Å²) in [5.74, 6) is 0. The maximum atomic E-state index is 11.8. The standard InChI is InChI=1S/C24H51O4P.H3O3P/c1-3-5-7-9-11-13-15-17-19-21-23-27-29(25,26)28-24-22-20-18-16-14-12-10-8-6-4-2;1-4(2)3/h3-24H2,1-2H3,(H,25,26);1-3H. The van der Waals surface area contributed by atoms with Gasteiger partial charge >= 0.3 is 16.4 Å². The Bertz CT molecular complexity index is 380. The first kappa shape index (κ1) is 35.6. The lowest BCUT2D eigenvalue weighted by atomic mass is 10.1. The van der Waals surface area contributed by atoms with Crippen LogP contribution in [0.25, 0.3) is 0 Å². The van der Waals surface area contributed by atoms with E-state index in [1.54, 1.807) is 0 Å². The van der Waals surface area contributed by atoms with E-state index in [1.807, 2.05) is 0 Å². The van der Waals surface area contributed by atoms with Crippen LogP contribution in [-0.4, -0.2) is 32.8 Å².